The monoisotopic (exact) mass is 438 g/mol. The van der Waals surface area contributed by atoms with Gasteiger partial charge in [0, 0.05) is 28.1 Å². The van der Waals surface area contributed by atoms with Crippen LogP contribution in [0.25, 0.3) is 5.65 Å². The first-order chi connectivity index (χ1) is 14.5. The molecule has 2 atom stereocenters. The van der Waals surface area contributed by atoms with Crippen LogP contribution in [0.1, 0.15) is 34.5 Å². The van der Waals surface area contributed by atoms with Crippen LogP contribution in [0, 0.1) is 0 Å². The van der Waals surface area contributed by atoms with Gasteiger partial charge in [0.05, 0.1) is 6.20 Å². The van der Waals surface area contributed by atoms with Crippen molar-refractivity contribution in [1.29, 1.82) is 0 Å². The van der Waals surface area contributed by atoms with E-state index < -0.39 is 0 Å². The third kappa shape index (κ3) is 4.66. The molecule has 0 saturated heterocycles. The van der Waals surface area contributed by atoms with Gasteiger partial charge in [0.15, 0.2) is 0 Å². The lowest BCUT2D eigenvalue weighted by Crippen LogP contribution is -2.38. The first-order valence-corrected chi connectivity index (χ1v) is 10.5. The Morgan fingerprint density at radius 1 is 1.00 bits per heavy atom. The van der Waals surface area contributed by atoms with E-state index in [9.17, 15) is 4.79 Å². The van der Waals surface area contributed by atoms with Crippen LogP contribution >= 0.6 is 23.2 Å². The van der Waals surface area contributed by atoms with Gasteiger partial charge in [-0.25, -0.2) is 9.38 Å². The van der Waals surface area contributed by atoms with Gasteiger partial charge in [0.2, 0.25) is 5.69 Å². The molecule has 2 N–H and O–H groups in total. The highest BCUT2D eigenvalue weighted by molar-refractivity contribution is 6.30. The van der Waals surface area contributed by atoms with Crippen molar-refractivity contribution >= 4 is 34.8 Å². The normalized spacial score (nSPS) is 13.2. The number of fused-ring (bicyclic) bond motifs is 1. The lowest BCUT2D eigenvalue weighted by Gasteiger charge is -2.25. The average molecular weight is 439 g/mol. The lowest BCUT2D eigenvalue weighted by molar-refractivity contribution is -0.510. The second kappa shape index (κ2) is 8.90. The highest BCUT2D eigenvalue weighted by Gasteiger charge is 2.24. The van der Waals surface area contributed by atoms with Gasteiger partial charge < -0.3 is 5.32 Å². The minimum atomic E-state index is -0.138. The van der Waals surface area contributed by atoms with E-state index in [-0.39, 0.29) is 17.9 Å². The summed E-state index contributed by atoms with van der Waals surface area (Å²) >= 11 is 12.1. The van der Waals surface area contributed by atoms with Crippen LogP contribution in [-0.2, 0) is 6.42 Å². The summed E-state index contributed by atoms with van der Waals surface area (Å²) in [6.45, 7) is 2.03. The summed E-state index contributed by atoms with van der Waals surface area (Å²) in [7, 11) is 0. The number of benzene rings is 2. The maximum Gasteiger partial charge on any atom is 0.295 e. The first kappa shape index (κ1) is 20.5. The first-order valence-electron chi connectivity index (χ1n) is 9.79. The van der Waals surface area contributed by atoms with E-state index in [1.165, 1.54) is 0 Å². The maximum atomic E-state index is 12.9. The summed E-state index contributed by atoms with van der Waals surface area (Å²) in [6, 6.07) is 21.3. The largest absolute Gasteiger partial charge is 0.346 e. The van der Waals surface area contributed by atoms with Crippen molar-refractivity contribution in [2.75, 3.05) is 0 Å². The number of hydrogen-bond donors (Lipinski definition) is 2. The van der Waals surface area contributed by atoms with Crippen LogP contribution in [0.5, 0.6) is 0 Å². The van der Waals surface area contributed by atoms with Crippen molar-refractivity contribution in [3.8, 4) is 0 Å². The Morgan fingerprint density at radius 3 is 2.33 bits per heavy atom. The van der Waals surface area contributed by atoms with Gasteiger partial charge in [0.25, 0.3) is 11.6 Å². The summed E-state index contributed by atoms with van der Waals surface area (Å²) in [5.74, 6) is -0.0642. The highest BCUT2D eigenvalue weighted by atomic mass is 35.5. The number of aromatic amines is 1. The summed E-state index contributed by atoms with van der Waals surface area (Å²) < 4.78 is 1.89. The van der Waals surface area contributed by atoms with E-state index >= 15 is 0 Å². The average Bonchev–Trinajstić information content (AvgIpc) is 3.18. The lowest BCUT2D eigenvalue weighted by atomic mass is 9.86. The molecule has 0 radical (unpaired) electrons. The molecular formula is C24H22Cl2N3O+. The van der Waals surface area contributed by atoms with Gasteiger partial charge >= 0.3 is 0 Å². The van der Waals surface area contributed by atoms with Crippen LogP contribution in [0.4, 0.5) is 0 Å². The molecule has 2 aromatic heterocycles. The van der Waals surface area contributed by atoms with Crippen molar-refractivity contribution in [1.82, 2.24) is 10.3 Å². The number of nitrogens with one attached hydrogen (secondary N) is 2. The zero-order valence-electron chi connectivity index (χ0n) is 16.5. The molecule has 2 heterocycles. The maximum absolute atomic E-state index is 12.9. The second-order valence-corrected chi connectivity index (χ2v) is 8.28. The molecule has 152 valence electrons. The van der Waals surface area contributed by atoms with Crippen LogP contribution in [0.3, 0.4) is 0 Å². The predicted octanol–water partition coefficient (Wildman–Crippen LogP) is 5.21. The fraction of sp³-hybridized carbons (Fsp3) is 0.167. The van der Waals surface area contributed by atoms with Gasteiger partial charge in [-0.15, -0.1) is 0 Å². The van der Waals surface area contributed by atoms with Gasteiger partial charge in [-0.2, -0.15) is 0 Å². The number of amides is 1. The van der Waals surface area contributed by atoms with Gasteiger partial charge in [-0.1, -0.05) is 53.5 Å². The number of rotatable bonds is 6. The minimum absolute atomic E-state index is 0.0735. The van der Waals surface area contributed by atoms with Crippen molar-refractivity contribution in [2.24, 2.45) is 0 Å². The minimum Gasteiger partial charge on any atom is -0.346 e. The number of aromatic nitrogens is 2. The van der Waals surface area contributed by atoms with Crippen molar-refractivity contribution in [3.63, 3.8) is 0 Å². The molecular weight excluding hydrogens is 417 g/mol. The number of carbonyl (C=O) groups is 1. The molecule has 1 amide bonds. The zero-order valence-corrected chi connectivity index (χ0v) is 18.0. The molecule has 0 aliphatic carbocycles. The Morgan fingerprint density at radius 2 is 1.67 bits per heavy atom. The molecule has 0 aliphatic rings. The summed E-state index contributed by atoms with van der Waals surface area (Å²) in [5, 5.41) is 4.56. The van der Waals surface area contributed by atoms with E-state index in [0.717, 1.165) is 23.2 Å². The molecule has 0 bridgehead atoms. The van der Waals surface area contributed by atoms with Crippen LogP contribution in [-0.4, -0.2) is 16.9 Å². The van der Waals surface area contributed by atoms with Gasteiger partial charge in [0.1, 0.15) is 6.20 Å². The molecule has 4 nitrogen and oxygen atoms in total. The Labute approximate surface area is 185 Å². The molecule has 4 aromatic rings. The fourth-order valence-corrected chi connectivity index (χ4v) is 3.90. The summed E-state index contributed by atoms with van der Waals surface area (Å²) in [5.41, 5.74) is 3.66. The Kier molecular flexibility index (Phi) is 6.07. The Balaban J connectivity index is 1.57. The number of nitrogens with zero attached hydrogens (tertiary/aromatic N) is 1. The van der Waals surface area contributed by atoms with Crippen molar-refractivity contribution in [2.45, 2.75) is 25.3 Å². The van der Waals surface area contributed by atoms with Crippen molar-refractivity contribution in [3.05, 3.63) is 106 Å². The van der Waals surface area contributed by atoms with Gasteiger partial charge in [-0.05, 0) is 54.8 Å². The highest BCUT2D eigenvalue weighted by Crippen LogP contribution is 2.27. The van der Waals surface area contributed by atoms with Crippen LogP contribution in [0.15, 0.2) is 79.1 Å². The molecule has 4 rings (SSSR count). The van der Waals surface area contributed by atoms with Crippen molar-refractivity contribution < 1.29 is 9.20 Å². The standard InChI is InChI=1S/C24H21Cl2N3O/c1-16(27-24(30)22-15-29-13-3-2-4-23(29)28-22)21(18-7-11-20(26)12-8-18)14-17-5-9-19(25)10-6-17/h2-13,15-16,21H,14H2,1H3,(H,27,30)/p+1/t16-,21+/m1/s1. The summed E-state index contributed by atoms with van der Waals surface area (Å²) in [6.07, 6.45) is 4.47. The van der Waals surface area contributed by atoms with Crippen LogP contribution < -0.4 is 9.72 Å². The van der Waals surface area contributed by atoms with Crippen LogP contribution in [0.2, 0.25) is 10.0 Å². The molecule has 0 fully saturated rings. The van der Waals surface area contributed by atoms with E-state index in [2.05, 4.69) is 10.3 Å². The second-order valence-electron chi connectivity index (χ2n) is 7.41. The number of carbonyl (C=O) groups excluding carboxylic acids is 1. The molecule has 0 spiro atoms. The SMILES string of the molecule is C[C@@H](NC(=O)c1c[n+]2ccccc2[nH]1)[C@H](Cc1ccc(Cl)cc1)c1ccc(Cl)cc1. The molecule has 6 heteroatoms. The number of halogens is 2. The molecule has 2 aromatic carbocycles. The molecule has 0 saturated carbocycles. The van der Waals surface area contributed by atoms with E-state index in [1.807, 2.05) is 84.3 Å². The molecule has 0 aliphatic heterocycles. The predicted molar refractivity (Wildman–Crippen MR) is 120 cm³/mol. The smallest absolute Gasteiger partial charge is 0.295 e. The third-order valence-electron chi connectivity index (χ3n) is 5.29. The Hall–Kier alpha value is -2.82. The van der Waals surface area contributed by atoms with E-state index in [0.29, 0.717) is 15.7 Å². The number of hydrogen-bond acceptors (Lipinski definition) is 1. The quantitative estimate of drug-likeness (QED) is 0.399. The number of pyridine rings is 1. The molecule has 0 unspecified atom stereocenters. The molecule has 30 heavy (non-hydrogen) atoms. The Bertz CT molecular complexity index is 1120. The fourth-order valence-electron chi connectivity index (χ4n) is 3.65. The van der Waals surface area contributed by atoms with Gasteiger partial charge in [-0.3, -0.25) is 4.79 Å². The summed E-state index contributed by atoms with van der Waals surface area (Å²) in [4.78, 5) is 16.1. The topological polar surface area (TPSA) is 49.0 Å². The third-order valence-corrected chi connectivity index (χ3v) is 5.80. The number of H-pyrrole nitrogens is 1. The zero-order chi connectivity index (χ0) is 21.1. The van der Waals surface area contributed by atoms with E-state index in [1.54, 1.807) is 6.20 Å². The number of imidazole rings is 1. The van der Waals surface area contributed by atoms with E-state index in [4.69, 9.17) is 23.2 Å².